The number of amides is 2. The standard InChI is InChI=1S/C16H22N2O2/c1-11-7-8-12(17-15(20)16(2,3)4)10-13(11)18-9-5-6-14(18)19/h7-8,10H,5-6,9H2,1-4H3,(H,17,20). The number of nitrogens with one attached hydrogen (secondary N) is 1. The Hall–Kier alpha value is -1.84. The summed E-state index contributed by atoms with van der Waals surface area (Å²) in [6.07, 6.45) is 1.51. The zero-order valence-electron chi connectivity index (χ0n) is 12.6. The fourth-order valence-corrected chi connectivity index (χ4v) is 2.20. The zero-order valence-corrected chi connectivity index (χ0v) is 12.6. The second kappa shape index (κ2) is 5.27. The first-order valence-corrected chi connectivity index (χ1v) is 7.01. The fourth-order valence-electron chi connectivity index (χ4n) is 2.20. The Morgan fingerprint density at radius 3 is 2.55 bits per heavy atom. The van der Waals surface area contributed by atoms with Gasteiger partial charge in [0.25, 0.3) is 0 Å². The van der Waals surface area contributed by atoms with Crippen molar-refractivity contribution < 1.29 is 9.59 Å². The maximum absolute atomic E-state index is 12.0. The van der Waals surface area contributed by atoms with Crippen molar-refractivity contribution in [1.82, 2.24) is 0 Å². The number of aryl methyl sites for hydroxylation is 1. The van der Waals surface area contributed by atoms with Crippen molar-refractivity contribution in [3.63, 3.8) is 0 Å². The zero-order chi connectivity index (χ0) is 14.9. The Bertz CT molecular complexity index is 544. The average Bonchev–Trinajstić information content (AvgIpc) is 2.76. The quantitative estimate of drug-likeness (QED) is 0.901. The van der Waals surface area contributed by atoms with Crippen molar-refractivity contribution in [3.05, 3.63) is 23.8 Å². The molecule has 2 amide bonds. The summed E-state index contributed by atoms with van der Waals surface area (Å²) >= 11 is 0. The molecule has 2 rings (SSSR count). The number of rotatable bonds is 2. The van der Waals surface area contributed by atoms with Gasteiger partial charge in [-0.15, -0.1) is 0 Å². The lowest BCUT2D eigenvalue weighted by Gasteiger charge is -2.21. The molecule has 1 saturated heterocycles. The lowest BCUT2D eigenvalue weighted by molar-refractivity contribution is -0.123. The van der Waals surface area contributed by atoms with Crippen LogP contribution >= 0.6 is 0 Å². The minimum Gasteiger partial charge on any atom is -0.326 e. The summed E-state index contributed by atoms with van der Waals surface area (Å²) < 4.78 is 0. The predicted octanol–water partition coefficient (Wildman–Crippen LogP) is 3.11. The Morgan fingerprint density at radius 2 is 2.00 bits per heavy atom. The van der Waals surface area contributed by atoms with Crippen LogP contribution in [-0.2, 0) is 9.59 Å². The summed E-state index contributed by atoms with van der Waals surface area (Å²) in [7, 11) is 0. The summed E-state index contributed by atoms with van der Waals surface area (Å²) in [4.78, 5) is 25.7. The summed E-state index contributed by atoms with van der Waals surface area (Å²) in [5.74, 6) is 0.132. The maximum Gasteiger partial charge on any atom is 0.229 e. The van der Waals surface area contributed by atoms with E-state index in [1.807, 2.05) is 50.8 Å². The Kier molecular flexibility index (Phi) is 3.84. The molecule has 20 heavy (non-hydrogen) atoms. The van der Waals surface area contributed by atoms with E-state index in [0.717, 1.165) is 29.9 Å². The fraction of sp³-hybridized carbons (Fsp3) is 0.500. The van der Waals surface area contributed by atoms with Gasteiger partial charge in [0.15, 0.2) is 0 Å². The molecule has 0 unspecified atom stereocenters. The Labute approximate surface area is 120 Å². The lowest BCUT2D eigenvalue weighted by atomic mass is 9.95. The highest BCUT2D eigenvalue weighted by atomic mass is 16.2. The highest BCUT2D eigenvalue weighted by Crippen LogP contribution is 2.28. The molecular formula is C16H22N2O2. The SMILES string of the molecule is Cc1ccc(NC(=O)C(C)(C)C)cc1N1CCCC1=O. The third-order valence-electron chi connectivity index (χ3n) is 3.51. The van der Waals surface area contributed by atoms with Gasteiger partial charge in [0.05, 0.1) is 0 Å². The Morgan fingerprint density at radius 1 is 1.30 bits per heavy atom. The molecule has 0 saturated carbocycles. The predicted molar refractivity (Wildman–Crippen MR) is 80.9 cm³/mol. The van der Waals surface area contributed by atoms with Crippen LogP contribution in [0, 0.1) is 12.3 Å². The van der Waals surface area contributed by atoms with Crippen molar-refractivity contribution in [1.29, 1.82) is 0 Å². The summed E-state index contributed by atoms with van der Waals surface area (Å²) in [5, 5.41) is 2.91. The number of nitrogens with zero attached hydrogens (tertiary/aromatic N) is 1. The van der Waals surface area contributed by atoms with Gasteiger partial charge in [-0.25, -0.2) is 0 Å². The molecule has 0 bridgehead atoms. The summed E-state index contributed by atoms with van der Waals surface area (Å²) in [5.41, 5.74) is 2.26. The third-order valence-corrected chi connectivity index (χ3v) is 3.51. The lowest BCUT2D eigenvalue weighted by Crippen LogP contribution is -2.28. The van der Waals surface area contributed by atoms with Crippen LogP contribution in [0.1, 0.15) is 39.2 Å². The topological polar surface area (TPSA) is 49.4 Å². The molecular weight excluding hydrogens is 252 g/mol. The van der Waals surface area contributed by atoms with Gasteiger partial charge in [-0.05, 0) is 31.0 Å². The summed E-state index contributed by atoms with van der Waals surface area (Å²) in [6, 6.07) is 5.71. The van der Waals surface area contributed by atoms with Gasteiger partial charge in [-0.1, -0.05) is 26.8 Å². The van der Waals surface area contributed by atoms with Crippen molar-refractivity contribution in [3.8, 4) is 0 Å². The van der Waals surface area contributed by atoms with Crippen LogP contribution in [0.15, 0.2) is 18.2 Å². The number of hydrogen-bond acceptors (Lipinski definition) is 2. The second-order valence-electron chi connectivity index (χ2n) is 6.35. The molecule has 108 valence electrons. The van der Waals surface area contributed by atoms with Crippen molar-refractivity contribution in [2.24, 2.45) is 5.41 Å². The third kappa shape index (κ3) is 3.00. The largest absolute Gasteiger partial charge is 0.326 e. The van der Waals surface area contributed by atoms with E-state index >= 15 is 0 Å². The number of anilines is 2. The normalized spacial score (nSPS) is 15.6. The molecule has 1 fully saturated rings. The van der Waals surface area contributed by atoms with Crippen LogP contribution in [0.4, 0.5) is 11.4 Å². The molecule has 4 heteroatoms. The van der Waals surface area contributed by atoms with E-state index in [0.29, 0.717) is 6.42 Å². The van der Waals surface area contributed by atoms with Gasteiger partial charge in [0.2, 0.25) is 11.8 Å². The maximum atomic E-state index is 12.0. The van der Waals surface area contributed by atoms with Crippen LogP contribution in [0.2, 0.25) is 0 Å². The molecule has 1 aromatic rings. The molecule has 0 spiro atoms. The van der Waals surface area contributed by atoms with E-state index in [1.165, 1.54) is 0 Å². The van der Waals surface area contributed by atoms with Gasteiger partial charge in [-0.2, -0.15) is 0 Å². The highest BCUT2D eigenvalue weighted by Gasteiger charge is 2.24. The smallest absolute Gasteiger partial charge is 0.229 e. The molecule has 0 aliphatic carbocycles. The van der Waals surface area contributed by atoms with Crippen LogP contribution in [0.3, 0.4) is 0 Å². The van der Waals surface area contributed by atoms with Gasteiger partial charge in [0.1, 0.15) is 0 Å². The van der Waals surface area contributed by atoms with Crippen molar-refractivity contribution in [2.45, 2.75) is 40.5 Å². The monoisotopic (exact) mass is 274 g/mol. The average molecular weight is 274 g/mol. The molecule has 0 aromatic heterocycles. The molecule has 1 aromatic carbocycles. The first-order valence-electron chi connectivity index (χ1n) is 7.01. The van der Waals surface area contributed by atoms with Crippen LogP contribution in [0.25, 0.3) is 0 Å². The molecule has 1 aliphatic rings. The van der Waals surface area contributed by atoms with E-state index in [4.69, 9.17) is 0 Å². The van der Waals surface area contributed by atoms with E-state index < -0.39 is 5.41 Å². The minimum absolute atomic E-state index is 0.0277. The molecule has 0 atom stereocenters. The van der Waals surface area contributed by atoms with Gasteiger partial charge in [-0.3, -0.25) is 9.59 Å². The number of hydrogen-bond donors (Lipinski definition) is 1. The van der Waals surface area contributed by atoms with Crippen molar-refractivity contribution in [2.75, 3.05) is 16.8 Å². The van der Waals surface area contributed by atoms with E-state index in [-0.39, 0.29) is 11.8 Å². The highest BCUT2D eigenvalue weighted by molar-refractivity contribution is 5.98. The van der Waals surface area contributed by atoms with E-state index in [9.17, 15) is 9.59 Å². The number of benzene rings is 1. The summed E-state index contributed by atoms with van der Waals surface area (Å²) in [6.45, 7) is 8.37. The van der Waals surface area contributed by atoms with Gasteiger partial charge >= 0.3 is 0 Å². The molecule has 1 heterocycles. The van der Waals surface area contributed by atoms with Crippen LogP contribution in [0.5, 0.6) is 0 Å². The molecule has 0 radical (unpaired) electrons. The second-order valence-corrected chi connectivity index (χ2v) is 6.35. The molecule has 1 N–H and O–H groups in total. The number of carbonyl (C=O) groups excluding carboxylic acids is 2. The number of carbonyl (C=O) groups is 2. The van der Waals surface area contributed by atoms with Crippen LogP contribution < -0.4 is 10.2 Å². The van der Waals surface area contributed by atoms with Crippen molar-refractivity contribution >= 4 is 23.2 Å². The minimum atomic E-state index is -0.436. The van der Waals surface area contributed by atoms with E-state index in [2.05, 4.69) is 5.32 Å². The van der Waals surface area contributed by atoms with Gasteiger partial charge < -0.3 is 10.2 Å². The Balaban J connectivity index is 2.25. The van der Waals surface area contributed by atoms with E-state index in [1.54, 1.807) is 0 Å². The first-order chi connectivity index (χ1) is 9.29. The first kappa shape index (κ1) is 14.6. The van der Waals surface area contributed by atoms with Crippen LogP contribution in [-0.4, -0.2) is 18.4 Å². The molecule has 4 nitrogen and oxygen atoms in total. The van der Waals surface area contributed by atoms with Gasteiger partial charge in [0, 0.05) is 29.8 Å². The molecule has 1 aliphatic heterocycles.